The van der Waals surface area contributed by atoms with Gasteiger partial charge in [0.25, 0.3) is 0 Å². The van der Waals surface area contributed by atoms with Crippen LogP contribution in [0.1, 0.15) is 11.1 Å². The summed E-state index contributed by atoms with van der Waals surface area (Å²) in [6.07, 6.45) is 3.70. The first-order valence-corrected chi connectivity index (χ1v) is 5.94. The highest BCUT2D eigenvalue weighted by Gasteiger charge is 2.01. The summed E-state index contributed by atoms with van der Waals surface area (Å²) in [7, 11) is 2.10. The summed E-state index contributed by atoms with van der Waals surface area (Å²) < 4.78 is 0. The molecule has 1 heterocycles. The average Bonchev–Trinajstić information content (AvgIpc) is 2.33. The normalized spacial score (nSPS) is 10.8. The van der Waals surface area contributed by atoms with Gasteiger partial charge in [-0.2, -0.15) is 0 Å². The van der Waals surface area contributed by atoms with E-state index >= 15 is 0 Å². The molecule has 0 atom stereocenters. The minimum absolute atomic E-state index is 0.781. The summed E-state index contributed by atoms with van der Waals surface area (Å²) in [5.74, 6) is 0. The Labute approximate surface area is 107 Å². The number of aromatic nitrogens is 1. The van der Waals surface area contributed by atoms with Gasteiger partial charge in [0.15, 0.2) is 0 Å². The SMILES string of the molecule is CN(Cc1ccc(Cl)cc1)Cc1cccnc1. The maximum absolute atomic E-state index is 5.86. The fraction of sp³-hybridized carbons (Fsp3) is 0.214. The van der Waals surface area contributed by atoms with E-state index in [-0.39, 0.29) is 0 Å². The van der Waals surface area contributed by atoms with Gasteiger partial charge in [-0.05, 0) is 36.4 Å². The van der Waals surface area contributed by atoms with Gasteiger partial charge in [-0.25, -0.2) is 0 Å². The quantitative estimate of drug-likeness (QED) is 0.822. The average molecular weight is 247 g/mol. The summed E-state index contributed by atoms with van der Waals surface area (Å²) in [5, 5.41) is 0.781. The van der Waals surface area contributed by atoms with Crippen molar-refractivity contribution in [1.29, 1.82) is 0 Å². The molecule has 1 aromatic carbocycles. The number of hydrogen-bond acceptors (Lipinski definition) is 2. The predicted molar refractivity (Wildman–Crippen MR) is 70.9 cm³/mol. The van der Waals surface area contributed by atoms with Crippen LogP contribution in [0.5, 0.6) is 0 Å². The molecule has 0 unspecified atom stereocenters. The molecule has 0 aliphatic heterocycles. The van der Waals surface area contributed by atoms with Crippen molar-refractivity contribution in [2.24, 2.45) is 0 Å². The van der Waals surface area contributed by atoms with E-state index in [0.29, 0.717) is 0 Å². The largest absolute Gasteiger partial charge is 0.298 e. The highest BCUT2D eigenvalue weighted by molar-refractivity contribution is 6.30. The van der Waals surface area contributed by atoms with E-state index in [0.717, 1.165) is 18.1 Å². The Bertz CT molecular complexity index is 453. The van der Waals surface area contributed by atoms with E-state index in [9.17, 15) is 0 Å². The molecule has 0 N–H and O–H groups in total. The molecular weight excluding hydrogens is 232 g/mol. The highest BCUT2D eigenvalue weighted by atomic mass is 35.5. The molecule has 88 valence electrons. The van der Waals surface area contributed by atoms with Crippen LogP contribution in [0.3, 0.4) is 0 Å². The van der Waals surface area contributed by atoms with Crippen molar-refractivity contribution < 1.29 is 0 Å². The van der Waals surface area contributed by atoms with Crippen LogP contribution >= 0.6 is 11.6 Å². The van der Waals surface area contributed by atoms with E-state index < -0.39 is 0 Å². The van der Waals surface area contributed by atoms with E-state index in [1.165, 1.54) is 11.1 Å². The summed E-state index contributed by atoms with van der Waals surface area (Å²) in [5.41, 5.74) is 2.49. The van der Waals surface area contributed by atoms with Gasteiger partial charge in [-0.1, -0.05) is 29.8 Å². The number of benzene rings is 1. The number of pyridine rings is 1. The van der Waals surface area contributed by atoms with Gasteiger partial charge >= 0.3 is 0 Å². The van der Waals surface area contributed by atoms with E-state index in [4.69, 9.17) is 11.6 Å². The zero-order valence-electron chi connectivity index (χ0n) is 9.81. The van der Waals surface area contributed by atoms with Crippen LogP contribution in [-0.2, 0) is 13.1 Å². The molecule has 2 nitrogen and oxygen atoms in total. The number of hydrogen-bond donors (Lipinski definition) is 0. The molecule has 0 amide bonds. The second-order valence-electron chi connectivity index (χ2n) is 4.16. The second-order valence-corrected chi connectivity index (χ2v) is 4.60. The van der Waals surface area contributed by atoms with Crippen molar-refractivity contribution >= 4 is 11.6 Å². The van der Waals surface area contributed by atoms with Crippen molar-refractivity contribution in [2.45, 2.75) is 13.1 Å². The van der Waals surface area contributed by atoms with Gasteiger partial charge in [-0.3, -0.25) is 9.88 Å². The third-order valence-electron chi connectivity index (χ3n) is 2.54. The first-order chi connectivity index (χ1) is 8.24. The van der Waals surface area contributed by atoms with Gasteiger partial charge in [0.05, 0.1) is 0 Å². The minimum atomic E-state index is 0.781. The molecular formula is C14H15ClN2. The summed E-state index contributed by atoms with van der Waals surface area (Å²) >= 11 is 5.86. The molecule has 0 spiro atoms. The van der Waals surface area contributed by atoms with Gasteiger partial charge in [0, 0.05) is 30.5 Å². The fourth-order valence-corrected chi connectivity index (χ4v) is 1.89. The Morgan fingerprint density at radius 1 is 1.06 bits per heavy atom. The molecule has 0 radical (unpaired) electrons. The smallest absolute Gasteiger partial charge is 0.0406 e. The lowest BCUT2D eigenvalue weighted by Crippen LogP contribution is -2.17. The number of rotatable bonds is 4. The van der Waals surface area contributed by atoms with Crippen LogP contribution < -0.4 is 0 Å². The first kappa shape index (κ1) is 12.1. The van der Waals surface area contributed by atoms with Crippen molar-refractivity contribution in [2.75, 3.05) is 7.05 Å². The maximum Gasteiger partial charge on any atom is 0.0406 e. The topological polar surface area (TPSA) is 16.1 Å². The molecule has 2 aromatic rings. The Hall–Kier alpha value is -1.38. The third-order valence-corrected chi connectivity index (χ3v) is 2.79. The Morgan fingerprint density at radius 3 is 2.41 bits per heavy atom. The standard InChI is InChI=1S/C14H15ClN2/c1-17(11-13-3-2-8-16-9-13)10-12-4-6-14(15)7-5-12/h2-9H,10-11H2,1H3. The zero-order chi connectivity index (χ0) is 12.1. The molecule has 3 heteroatoms. The molecule has 0 aliphatic carbocycles. The van der Waals surface area contributed by atoms with E-state index in [2.05, 4.69) is 35.1 Å². The molecule has 0 bridgehead atoms. The molecule has 0 saturated heterocycles. The van der Waals surface area contributed by atoms with Crippen molar-refractivity contribution in [1.82, 2.24) is 9.88 Å². The van der Waals surface area contributed by atoms with Gasteiger partial charge < -0.3 is 0 Å². The number of nitrogens with zero attached hydrogens (tertiary/aromatic N) is 2. The summed E-state index contributed by atoms with van der Waals surface area (Å²) in [6, 6.07) is 12.0. The van der Waals surface area contributed by atoms with Gasteiger partial charge in [0.1, 0.15) is 0 Å². The van der Waals surface area contributed by atoms with Crippen LogP contribution in [0.4, 0.5) is 0 Å². The Balaban J connectivity index is 1.93. The van der Waals surface area contributed by atoms with E-state index in [1.807, 2.05) is 24.4 Å². The lowest BCUT2D eigenvalue weighted by atomic mass is 10.2. The van der Waals surface area contributed by atoms with Gasteiger partial charge in [-0.15, -0.1) is 0 Å². The molecule has 2 rings (SSSR count). The first-order valence-electron chi connectivity index (χ1n) is 5.56. The van der Waals surface area contributed by atoms with Crippen LogP contribution in [0.15, 0.2) is 48.8 Å². The fourth-order valence-electron chi connectivity index (χ4n) is 1.76. The van der Waals surface area contributed by atoms with Crippen molar-refractivity contribution in [3.8, 4) is 0 Å². The monoisotopic (exact) mass is 246 g/mol. The molecule has 0 fully saturated rings. The number of halogens is 1. The molecule has 0 aliphatic rings. The van der Waals surface area contributed by atoms with Crippen LogP contribution in [0.2, 0.25) is 5.02 Å². The minimum Gasteiger partial charge on any atom is -0.298 e. The van der Waals surface area contributed by atoms with Gasteiger partial charge in [0.2, 0.25) is 0 Å². The molecule has 17 heavy (non-hydrogen) atoms. The maximum atomic E-state index is 5.86. The van der Waals surface area contributed by atoms with Crippen LogP contribution in [0.25, 0.3) is 0 Å². The summed E-state index contributed by atoms with van der Waals surface area (Å²) in [4.78, 5) is 6.36. The molecule has 0 saturated carbocycles. The second kappa shape index (κ2) is 5.80. The van der Waals surface area contributed by atoms with E-state index in [1.54, 1.807) is 6.20 Å². The lowest BCUT2D eigenvalue weighted by molar-refractivity contribution is 0.318. The predicted octanol–water partition coefficient (Wildman–Crippen LogP) is 3.37. The third kappa shape index (κ3) is 3.84. The molecule has 1 aromatic heterocycles. The lowest BCUT2D eigenvalue weighted by Gasteiger charge is -2.16. The summed E-state index contributed by atoms with van der Waals surface area (Å²) in [6.45, 7) is 1.81. The zero-order valence-corrected chi connectivity index (χ0v) is 10.6. The van der Waals surface area contributed by atoms with Crippen molar-refractivity contribution in [3.63, 3.8) is 0 Å². The van der Waals surface area contributed by atoms with Crippen LogP contribution in [0, 0.1) is 0 Å². The van der Waals surface area contributed by atoms with Crippen molar-refractivity contribution in [3.05, 3.63) is 64.9 Å². The van der Waals surface area contributed by atoms with Crippen LogP contribution in [-0.4, -0.2) is 16.9 Å². The highest BCUT2D eigenvalue weighted by Crippen LogP contribution is 2.12. The Morgan fingerprint density at radius 2 is 1.76 bits per heavy atom. The Kier molecular flexibility index (Phi) is 4.13.